The third-order valence-electron chi connectivity index (χ3n) is 5.56. The monoisotopic (exact) mass is 404 g/mol. The van der Waals surface area contributed by atoms with Crippen LogP contribution in [0.4, 0.5) is 10.5 Å². The molecule has 2 saturated heterocycles. The van der Waals surface area contributed by atoms with E-state index in [1.807, 2.05) is 24.3 Å². The van der Waals surface area contributed by atoms with Crippen LogP contribution in [0.25, 0.3) is 0 Å². The average Bonchev–Trinajstić information content (AvgIpc) is 3.25. The summed E-state index contributed by atoms with van der Waals surface area (Å²) in [5.74, 6) is 0.482. The van der Waals surface area contributed by atoms with E-state index in [1.54, 1.807) is 19.0 Å². The third kappa shape index (κ3) is 6.42. The van der Waals surface area contributed by atoms with Crippen LogP contribution >= 0.6 is 0 Å². The Bertz CT molecular complexity index is 668. The van der Waals surface area contributed by atoms with Crippen molar-refractivity contribution in [1.29, 1.82) is 0 Å². The van der Waals surface area contributed by atoms with Gasteiger partial charge in [0, 0.05) is 58.0 Å². The Morgan fingerprint density at radius 3 is 2.48 bits per heavy atom. The van der Waals surface area contributed by atoms with Crippen molar-refractivity contribution in [2.45, 2.75) is 18.9 Å². The van der Waals surface area contributed by atoms with Crippen LogP contribution in [-0.4, -0.2) is 87.9 Å². The number of likely N-dealkylation sites (N-methyl/N-ethyl adjacent to an activating group) is 1. The van der Waals surface area contributed by atoms with Gasteiger partial charge in [-0.25, -0.2) is 4.79 Å². The summed E-state index contributed by atoms with van der Waals surface area (Å²) in [6.07, 6.45) is 1.38. The van der Waals surface area contributed by atoms with Crippen molar-refractivity contribution in [3.63, 3.8) is 0 Å². The van der Waals surface area contributed by atoms with E-state index >= 15 is 0 Å². The predicted octanol–water partition coefficient (Wildman–Crippen LogP) is 1.18. The Hall–Kier alpha value is -2.16. The van der Waals surface area contributed by atoms with Crippen LogP contribution in [0.5, 0.6) is 0 Å². The fraction of sp³-hybridized carbons (Fsp3) is 0.619. The van der Waals surface area contributed by atoms with E-state index in [-0.39, 0.29) is 18.0 Å². The van der Waals surface area contributed by atoms with Gasteiger partial charge in [0.1, 0.15) is 0 Å². The van der Waals surface area contributed by atoms with Crippen LogP contribution in [-0.2, 0) is 20.7 Å². The number of nitrogens with zero attached hydrogens (tertiary/aromatic N) is 2. The summed E-state index contributed by atoms with van der Waals surface area (Å²) in [6.45, 7) is 5.36. The third-order valence-corrected chi connectivity index (χ3v) is 5.56. The van der Waals surface area contributed by atoms with Gasteiger partial charge in [-0.2, -0.15) is 0 Å². The first-order valence-electron chi connectivity index (χ1n) is 10.3. The molecule has 0 unspecified atom stereocenters. The summed E-state index contributed by atoms with van der Waals surface area (Å²) in [7, 11) is 3.48. The standard InChI is InChI=1S/C21H32N4O4/c1-24(2)20(26)13-16-3-5-18(6-4-16)23-21(27)22-14-19(17-7-10-29-15-17)25-8-11-28-12-9-25/h3-6,17,19H,7-15H2,1-2H3,(H2,22,23,27)/t17-,19-/m0/s1. The first-order valence-corrected chi connectivity index (χ1v) is 10.3. The smallest absolute Gasteiger partial charge is 0.319 e. The van der Waals surface area contributed by atoms with Gasteiger partial charge in [0.25, 0.3) is 0 Å². The molecule has 8 nitrogen and oxygen atoms in total. The minimum absolute atomic E-state index is 0.0495. The van der Waals surface area contributed by atoms with Crippen LogP contribution in [0.15, 0.2) is 24.3 Å². The predicted molar refractivity (Wildman–Crippen MR) is 111 cm³/mol. The average molecular weight is 405 g/mol. The number of rotatable bonds is 7. The molecule has 0 spiro atoms. The number of carbonyl (C=O) groups excluding carboxylic acids is 2. The zero-order chi connectivity index (χ0) is 20.6. The number of nitrogens with one attached hydrogen (secondary N) is 2. The summed E-state index contributed by atoms with van der Waals surface area (Å²) >= 11 is 0. The van der Waals surface area contributed by atoms with Gasteiger partial charge in [0.2, 0.25) is 5.91 Å². The van der Waals surface area contributed by atoms with Gasteiger partial charge in [0.15, 0.2) is 0 Å². The van der Waals surface area contributed by atoms with Crippen molar-refractivity contribution in [2.75, 3.05) is 65.5 Å². The van der Waals surface area contributed by atoms with E-state index in [4.69, 9.17) is 9.47 Å². The number of urea groups is 1. The van der Waals surface area contributed by atoms with E-state index in [9.17, 15) is 9.59 Å². The van der Waals surface area contributed by atoms with E-state index < -0.39 is 0 Å². The molecule has 0 aliphatic carbocycles. The van der Waals surface area contributed by atoms with Gasteiger partial charge in [-0.3, -0.25) is 9.69 Å². The van der Waals surface area contributed by atoms with E-state index in [2.05, 4.69) is 15.5 Å². The number of benzene rings is 1. The van der Waals surface area contributed by atoms with Crippen LogP contribution in [0, 0.1) is 5.92 Å². The zero-order valence-corrected chi connectivity index (χ0v) is 17.4. The molecule has 0 bridgehead atoms. The van der Waals surface area contributed by atoms with Crippen molar-refractivity contribution >= 4 is 17.6 Å². The Kier molecular flexibility index (Phi) is 7.85. The number of morpholine rings is 1. The maximum absolute atomic E-state index is 12.4. The number of anilines is 1. The molecular formula is C21H32N4O4. The summed E-state index contributed by atoms with van der Waals surface area (Å²) < 4.78 is 11.0. The summed E-state index contributed by atoms with van der Waals surface area (Å²) in [5, 5.41) is 5.89. The summed E-state index contributed by atoms with van der Waals surface area (Å²) in [6, 6.07) is 7.41. The van der Waals surface area contributed by atoms with Gasteiger partial charge in [-0.15, -0.1) is 0 Å². The number of ether oxygens (including phenoxy) is 2. The molecule has 0 saturated carbocycles. The van der Waals surface area contributed by atoms with Crippen LogP contribution in [0.2, 0.25) is 0 Å². The molecule has 2 N–H and O–H groups in total. The Morgan fingerprint density at radius 2 is 1.86 bits per heavy atom. The second-order valence-electron chi connectivity index (χ2n) is 7.84. The lowest BCUT2D eigenvalue weighted by molar-refractivity contribution is -0.127. The molecule has 3 rings (SSSR count). The van der Waals surface area contributed by atoms with Gasteiger partial charge < -0.3 is 25.0 Å². The molecule has 0 radical (unpaired) electrons. The molecule has 1 aromatic carbocycles. The molecule has 2 atom stereocenters. The molecule has 1 aromatic rings. The lowest BCUT2D eigenvalue weighted by atomic mass is 9.97. The van der Waals surface area contributed by atoms with Gasteiger partial charge >= 0.3 is 6.03 Å². The highest BCUT2D eigenvalue weighted by Crippen LogP contribution is 2.22. The number of hydrogen-bond donors (Lipinski definition) is 2. The van der Waals surface area contributed by atoms with Gasteiger partial charge in [-0.05, 0) is 24.1 Å². The zero-order valence-electron chi connectivity index (χ0n) is 17.4. The topological polar surface area (TPSA) is 83.1 Å². The maximum atomic E-state index is 12.4. The second-order valence-corrected chi connectivity index (χ2v) is 7.84. The Labute approximate surface area is 172 Å². The fourth-order valence-electron chi connectivity index (χ4n) is 3.77. The summed E-state index contributed by atoms with van der Waals surface area (Å²) in [4.78, 5) is 28.2. The number of amides is 3. The maximum Gasteiger partial charge on any atom is 0.319 e. The van der Waals surface area contributed by atoms with Crippen molar-refractivity contribution in [3.05, 3.63) is 29.8 Å². The fourth-order valence-corrected chi connectivity index (χ4v) is 3.77. The molecule has 2 aliphatic heterocycles. The Balaban J connectivity index is 1.50. The van der Waals surface area contributed by atoms with Crippen molar-refractivity contribution in [1.82, 2.24) is 15.1 Å². The molecule has 3 amide bonds. The summed E-state index contributed by atoms with van der Waals surface area (Å²) in [5.41, 5.74) is 1.62. The van der Waals surface area contributed by atoms with E-state index in [0.717, 1.165) is 51.5 Å². The first-order chi connectivity index (χ1) is 14.0. The lowest BCUT2D eigenvalue weighted by Crippen LogP contribution is -2.52. The minimum atomic E-state index is -0.223. The normalized spacial score (nSPS) is 20.8. The first kappa shape index (κ1) is 21.5. The van der Waals surface area contributed by atoms with Crippen molar-refractivity contribution < 1.29 is 19.1 Å². The highest BCUT2D eigenvalue weighted by Gasteiger charge is 2.31. The molecule has 2 fully saturated rings. The van der Waals surface area contributed by atoms with E-state index in [0.29, 0.717) is 24.6 Å². The SMILES string of the molecule is CN(C)C(=O)Cc1ccc(NC(=O)NC[C@@H]([C@H]2CCOC2)N2CCOCC2)cc1. The molecule has 2 heterocycles. The van der Waals surface area contributed by atoms with Crippen LogP contribution < -0.4 is 10.6 Å². The molecule has 29 heavy (non-hydrogen) atoms. The van der Waals surface area contributed by atoms with Crippen molar-refractivity contribution in [3.8, 4) is 0 Å². The highest BCUT2D eigenvalue weighted by atomic mass is 16.5. The van der Waals surface area contributed by atoms with Gasteiger partial charge in [0.05, 0.1) is 26.2 Å². The molecule has 2 aliphatic rings. The molecule has 8 heteroatoms. The van der Waals surface area contributed by atoms with Crippen LogP contribution in [0.3, 0.4) is 0 Å². The Morgan fingerprint density at radius 1 is 1.14 bits per heavy atom. The second kappa shape index (κ2) is 10.6. The van der Waals surface area contributed by atoms with Crippen LogP contribution in [0.1, 0.15) is 12.0 Å². The minimum Gasteiger partial charge on any atom is -0.381 e. The van der Waals surface area contributed by atoms with Gasteiger partial charge in [-0.1, -0.05) is 12.1 Å². The quantitative estimate of drug-likeness (QED) is 0.713. The number of hydrogen-bond acceptors (Lipinski definition) is 5. The molecular weight excluding hydrogens is 372 g/mol. The van der Waals surface area contributed by atoms with Crippen molar-refractivity contribution in [2.24, 2.45) is 5.92 Å². The molecule has 160 valence electrons. The largest absolute Gasteiger partial charge is 0.381 e. The highest BCUT2D eigenvalue weighted by molar-refractivity contribution is 5.89. The number of carbonyl (C=O) groups is 2. The van der Waals surface area contributed by atoms with E-state index in [1.165, 1.54) is 0 Å². The lowest BCUT2D eigenvalue weighted by Gasteiger charge is -2.37. The molecule has 0 aromatic heterocycles.